The number of hydrogen-bond acceptors (Lipinski definition) is 0. The fourth-order valence-electron chi connectivity index (χ4n) is 6.97. The second-order valence-electron chi connectivity index (χ2n) is 13.0. The van der Waals surface area contributed by atoms with Gasteiger partial charge in [-0.1, -0.05) is 6.42 Å². The Hall–Kier alpha value is -3.94. The molecule has 0 radical (unpaired) electrons. The van der Waals surface area contributed by atoms with Crippen LogP contribution in [0.5, 0.6) is 0 Å². The largest absolute Gasteiger partial charge is 0.337 e. The fourth-order valence-corrected chi connectivity index (χ4v) is 6.97. The van der Waals surface area contributed by atoms with Crippen molar-refractivity contribution < 1.29 is 57.6 Å². The van der Waals surface area contributed by atoms with Crippen molar-refractivity contribution in [3.8, 4) is 0 Å². The molecule has 0 bridgehead atoms. The first kappa shape index (κ1) is 38.9. The Morgan fingerprint density at radius 2 is 0.660 bits per heavy atom. The summed E-state index contributed by atoms with van der Waals surface area (Å²) in [6.07, 6.45) is 2.11. The normalized spacial score (nSPS) is 13.9. The zero-order chi connectivity index (χ0) is 37.6. The van der Waals surface area contributed by atoms with E-state index in [0.29, 0.717) is 27.7 Å². The minimum atomic E-state index is -5.22. The molecule has 4 aromatic rings. The van der Waals surface area contributed by atoms with E-state index in [0.717, 1.165) is 6.04 Å². The van der Waals surface area contributed by atoms with Crippen molar-refractivity contribution in [1.82, 2.24) is 0 Å². The summed E-state index contributed by atoms with van der Waals surface area (Å²) >= 11 is 0. The van der Waals surface area contributed by atoms with Gasteiger partial charge in [-0.3, -0.25) is 0 Å². The molecule has 1 fully saturated rings. The first-order valence-corrected chi connectivity index (χ1v) is 15.8. The summed E-state index contributed by atoms with van der Waals surface area (Å²) in [5.41, 5.74) is -11.9. The Balaban J connectivity index is 0.000000541. The monoisotopic (exact) mass is 719 g/mol. The number of halogens is 12. The van der Waals surface area contributed by atoms with Crippen LogP contribution in [-0.2, 0) is 0 Å². The van der Waals surface area contributed by atoms with E-state index in [4.69, 9.17) is 0 Å². The highest BCUT2D eigenvalue weighted by molar-refractivity contribution is 7.20. The summed E-state index contributed by atoms with van der Waals surface area (Å²) in [4.78, 5) is 1.65. The molecule has 50 heavy (non-hydrogen) atoms. The van der Waals surface area contributed by atoms with E-state index in [1.807, 2.05) is 0 Å². The van der Waals surface area contributed by atoms with E-state index >= 15 is 35.1 Å². The predicted molar refractivity (Wildman–Crippen MR) is 168 cm³/mol. The van der Waals surface area contributed by atoms with Gasteiger partial charge in [-0.2, -0.15) is 0 Å². The van der Waals surface area contributed by atoms with Gasteiger partial charge < -0.3 is 4.90 Å². The maximum absolute atomic E-state index is 16.0. The van der Waals surface area contributed by atoms with Crippen molar-refractivity contribution in [2.24, 2.45) is 0 Å². The lowest BCUT2D eigenvalue weighted by Gasteiger charge is -2.45. The van der Waals surface area contributed by atoms with Crippen LogP contribution in [0.25, 0.3) is 0 Å². The lowest BCUT2D eigenvalue weighted by atomic mass is 9.12. The maximum Gasteiger partial charge on any atom is 0.136 e. The van der Waals surface area contributed by atoms with Gasteiger partial charge in [0.2, 0.25) is 0 Å². The smallest absolute Gasteiger partial charge is 0.136 e. The van der Waals surface area contributed by atoms with Gasteiger partial charge >= 0.3 is 0 Å². The molecule has 0 unspecified atom stereocenters. The number of hydrogen-bond donors (Lipinski definition) is 1. The summed E-state index contributed by atoms with van der Waals surface area (Å²) in [5, 5.41) is 0. The average Bonchev–Trinajstić information content (AvgIpc) is 3.04. The number of nitrogens with one attached hydrogen (secondary N) is 1. The van der Waals surface area contributed by atoms with Crippen LogP contribution in [0.1, 0.15) is 54.4 Å². The van der Waals surface area contributed by atoms with E-state index < -0.39 is 120 Å². The van der Waals surface area contributed by atoms with Crippen LogP contribution in [0, 0.1) is 97.5 Å². The highest BCUT2D eigenvalue weighted by Crippen LogP contribution is 2.28. The van der Waals surface area contributed by atoms with Gasteiger partial charge in [0.1, 0.15) is 29.4 Å². The molecule has 4 aromatic carbocycles. The Labute approximate surface area is 281 Å². The third-order valence-corrected chi connectivity index (χ3v) is 9.89. The topological polar surface area (TPSA) is 4.44 Å². The summed E-state index contributed by atoms with van der Waals surface area (Å²) in [7, 11) is 4.55. The van der Waals surface area contributed by atoms with Crippen LogP contribution >= 0.6 is 0 Å². The van der Waals surface area contributed by atoms with Crippen molar-refractivity contribution in [1.29, 1.82) is 0 Å². The van der Waals surface area contributed by atoms with Crippen molar-refractivity contribution in [2.75, 3.05) is 14.1 Å². The molecule has 1 N–H and O–H groups in total. The Bertz CT molecular complexity index is 1690. The third kappa shape index (κ3) is 6.51. The van der Waals surface area contributed by atoms with Gasteiger partial charge in [0.25, 0.3) is 0 Å². The first-order valence-electron chi connectivity index (χ1n) is 15.8. The molecule has 1 saturated carbocycles. The predicted octanol–water partition coefficient (Wildman–Crippen LogP) is 6.43. The number of benzene rings is 4. The molecule has 0 amide bonds. The fraction of sp³-hybridized carbons (Fsp3) is 0.333. The summed E-state index contributed by atoms with van der Waals surface area (Å²) < 4.78 is 184. The van der Waals surface area contributed by atoms with Crippen molar-refractivity contribution in [3.63, 3.8) is 0 Å². The van der Waals surface area contributed by atoms with E-state index in [9.17, 15) is 17.6 Å². The molecule has 14 heteroatoms. The van der Waals surface area contributed by atoms with Gasteiger partial charge in [0.15, 0.2) is 0 Å². The lowest BCUT2D eigenvalue weighted by Crippen LogP contribution is -3.10. The first-order chi connectivity index (χ1) is 23.3. The van der Waals surface area contributed by atoms with Crippen LogP contribution in [0.15, 0.2) is 24.3 Å². The van der Waals surface area contributed by atoms with Gasteiger partial charge in [-0.25, -0.2) is 52.7 Å². The van der Waals surface area contributed by atoms with Crippen molar-refractivity contribution in [3.05, 3.63) is 116 Å². The standard InChI is InChI=1S/C28H16BF12.C8H17N/c1-9-13(30)5-17(34)21(25(9)38)29(22-18(35)6-14(31)10(2)26(22)39,23-19(36)7-15(32)11(3)27(23)40)24-20(37)8-16(33)12(4)28(24)41;1-9(2)8-6-4-3-5-7-8/h5-8H,1-4H3;8H,3-7H2,1-2H3/q-1;/p+1. The van der Waals surface area contributed by atoms with Crippen molar-refractivity contribution >= 4 is 28.0 Å². The summed E-state index contributed by atoms with van der Waals surface area (Å²) in [6, 6.07) is 0.673. The van der Waals surface area contributed by atoms with E-state index in [-0.39, 0.29) is 24.3 Å². The highest BCUT2D eigenvalue weighted by atomic mass is 19.2. The second kappa shape index (κ2) is 14.7. The SMILES string of the molecule is C[NH+](C)C1CCCCC1.Cc1c(F)cc(F)c([B-](c2c(F)cc(F)c(C)c2F)(c2c(F)cc(F)c(C)c2F)c2c(F)cc(F)c(C)c2F)c1F. The van der Waals surface area contributed by atoms with Gasteiger partial charge in [-0.15, -0.1) is 21.9 Å². The molecule has 0 aromatic heterocycles. The van der Waals surface area contributed by atoms with E-state index in [1.165, 1.54) is 32.1 Å². The van der Waals surface area contributed by atoms with Crippen LogP contribution in [-0.4, -0.2) is 26.3 Å². The molecule has 0 saturated heterocycles. The van der Waals surface area contributed by atoms with Gasteiger partial charge in [0, 0.05) is 46.5 Å². The summed E-state index contributed by atoms with van der Waals surface area (Å²) in [5.74, 6) is -23.4. The molecule has 0 atom stereocenters. The van der Waals surface area contributed by atoms with Crippen LogP contribution in [0.3, 0.4) is 0 Å². The molecule has 0 heterocycles. The molecular formula is C36H34BF12N. The highest BCUT2D eigenvalue weighted by Gasteiger charge is 2.48. The Morgan fingerprint density at radius 3 is 0.860 bits per heavy atom. The third-order valence-electron chi connectivity index (χ3n) is 9.89. The molecule has 0 aliphatic heterocycles. The molecule has 1 nitrogen and oxygen atoms in total. The lowest BCUT2D eigenvalue weighted by molar-refractivity contribution is -0.887. The Morgan fingerprint density at radius 1 is 0.420 bits per heavy atom. The zero-order valence-electron chi connectivity index (χ0n) is 28.0. The van der Waals surface area contributed by atoms with Crippen LogP contribution in [0.2, 0.25) is 0 Å². The quantitative estimate of drug-likeness (QED) is 0.179. The second-order valence-corrected chi connectivity index (χ2v) is 13.0. The molecule has 1 aliphatic carbocycles. The van der Waals surface area contributed by atoms with Gasteiger partial charge in [-0.05, 0) is 53.4 Å². The van der Waals surface area contributed by atoms with Crippen LogP contribution in [0.4, 0.5) is 52.7 Å². The minimum Gasteiger partial charge on any atom is -0.337 e. The molecule has 5 rings (SSSR count). The zero-order valence-corrected chi connectivity index (χ0v) is 28.0. The molecule has 0 spiro atoms. The number of quaternary nitrogens is 1. The van der Waals surface area contributed by atoms with Gasteiger partial charge in [0.05, 0.1) is 66.7 Å². The van der Waals surface area contributed by atoms with E-state index in [1.54, 1.807) is 4.90 Å². The Kier molecular flexibility index (Phi) is 11.5. The summed E-state index contributed by atoms with van der Waals surface area (Å²) in [6.45, 7) is 2.68. The average molecular weight is 719 g/mol. The number of rotatable bonds is 5. The molecule has 270 valence electrons. The molecular weight excluding hydrogens is 685 g/mol. The molecule has 1 aliphatic rings. The maximum atomic E-state index is 16.0. The van der Waals surface area contributed by atoms with E-state index in [2.05, 4.69) is 14.1 Å². The van der Waals surface area contributed by atoms with Crippen LogP contribution < -0.4 is 26.8 Å². The minimum absolute atomic E-state index is 0.0746. The van der Waals surface area contributed by atoms with Crippen molar-refractivity contribution in [2.45, 2.75) is 65.8 Å².